The minimum absolute atomic E-state index is 0. The summed E-state index contributed by atoms with van der Waals surface area (Å²) in [6.45, 7) is 0. The molecule has 0 amide bonds. The summed E-state index contributed by atoms with van der Waals surface area (Å²) in [5.41, 5.74) is 0. The first-order chi connectivity index (χ1) is 3.79. The number of cyclic esters (lactones) is 2. The maximum Gasteiger partial charge on any atom is 0.317 e. The monoisotopic (exact) mass is 129 g/mol. The molecule has 0 aromatic carbocycles. The maximum atomic E-state index is 10.4. The third-order valence-corrected chi connectivity index (χ3v) is 1.60. The lowest BCUT2D eigenvalue weighted by Crippen LogP contribution is -2.03. The molecule has 9 heavy (non-hydrogen) atoms. The second kappa shape index (κ2) is 1.54. The predicted molar refractivity (Wildman–Crippen MR) is 27.7 cm³/mol. The van der Waals surface area contributed by atoms with E-state index >= 15 is 0 Å². The normalized spacial score (nSPS) is 36.9. The molecule has 2 unspecified atom stereocenters. The predicted octanol–water partition coefficient (Wildman–Crippen LogP) is -0.132. The first-order valence-corrected chi connectivity index (χ1v) is 2.54. The van der Waals surface area contributed by atoms with Gasteiger partial charge in [0.1, 0.15) is 0 Å². The quantitative estimate of drug-likeness (QED) is 0.365. The average molecular weight is 129 g/mol. The molecule has 2 aliphatic rings. The Morgan fingerprint density at radius 2 is 1.67 bits per heavy atom. The lowest BCUT2D eigenvalue weighted by atomic mass is 10.4. The molecule has 1 aliphatic carbocycles. The van der Waals surface area contributed by atoms with Gasteiger partial charge in [0.05, 0.1) is 11.8 Å². The lowest BCUT2D eigenvalue weighted by Gasteiger charge is -1.87. The number of esters is 2. The number of hydrogen-bond acceptors (Lipinski definition) is 4. The topological polar surface area (TPSA) is 78.4 Å². The summed E-state index contributed by atoms with van der Waals surface area (Å²) < 4.78 is 4.25. The molecule has 0 aromatic heterocycles. The zero-order chi connectivity index (χ0) is 5.72. The van der Waals surface area contributed by atoms with E-state index in [9.17, 15) is 9.59 Å². The summed E-state index contributed by atoms with van der Waals surface area (Å²) in [5, 5.41) is 0. The molecule has 0 aromatic rings. The van der Waals surface area contributed by atoms with E-state index in [0.717, 1.165) is 6.42 Å². The first kappa shape index (κ1) is 6.22. The van der Waals surface area contributed by atoms with E-state index in [1.807, 2.05) is 0 Å². The Balaban J connectivity index is 0.000000405. The molecule has 4 nitrogen and oxygen atoms in total. The van der Waals surface area contributed by atoms with E-state index in [4.69, 9.17) is 0 Å². The zero-order valence-corrected chi connectivity index (χ0v) is 4.79. The van der Waals surface area contributed by atoms with Crippen LogP contribution in [-0.4, -0.2) is 11.9 Å². The van der Waals surface area contributed by atoms with Gasteiger partial charge in [0.2, 0.25) is 0 Å². The van der Waals surface area contributed by atoms with Gasteiger partial charge in [0.15, 0.2) is 0 Å². The van der Waals surface area contributed by atoms with E-state index in [1.165, 1.54) is 0 Å². The summed E-state index contributed by atoms with van der Waals surface area (Å²) >= 11 is 0. The lowest BCUT2D eigenvalue weighted by molar-refractivity contribution is -0.155. The van der Waals surface area contributed by atoms with Crippen LogP contribution in [0.2, 0.25) is 0 Å². The van der Waals surface area contributed by atoms with Crippen LogP contribution in [0, 0.1) is 11.8 Å². The Morgan fingerprint density at radius 3 is 1.78 bits per heavy atom. The number of fused-ring (bicyclic) bond motifs is 1. The van der Waals surface area contributed by atoms with Gasteiger partial charge < -0.3 is 10.9 Å². The Labute approximate surface area is 51.8 Å². The first-order valence-electron chi connectivity index (χ1n) is 2.54. The van der Waals surface area contributed by atoms with Crippen LogP contribution in [0.5, 0.6) is 0 Å². The molecular weight excluding hydrogens is 122 g/mol. The molecular formula is C5H7NO3. The van der Waals surface area contributed by atoms with Gasteiger partial charge in [-0.15, -0.1) is 0 Å². The fourth-order valence-electron chi connectivity index (χ4n) is 0.967. The summed E-state index contributed by atoms with van der Waals surface area (Å²) in [4.78, 5) is 20.8. The highest BCUT2D eigenvalue weighted by atomic mass is 16.6. The summed E-state index contributed by atoms with van der Waals surface area (Å²) in [7, 11) is 0. The number of carbonyl (C=O) groups is 2. The van der Waals surface area contributed by atoms with Gasteiger partial charge in [-0.05, 0) is 6.42 Å². The van der Waals surface area contributed by atoms with Gasteiger partial charge in [-0.3, -0.25) is 9.59 Å². The number of hydrogen-bond donors (Lipinski definition) is 1. The van der Waals surface area contributed by atoms with E-state index < -0.39 is 0 Å². The van der Waals surface area contributed by atoms with Crippen molar-refractivity contribution in [3.8, 4) is 0 Å². The van der Waals surface area contributed by atoms with Gasteiger partial charge >= 0.3 is 11.9 Å². The van der Waals surface area contributed by atoms with Crippen LogP contribution in [0.1, 0.15) is 6.42 Å². The molecule has 2 atom stereocenters. The summed E-state index contributed by atoms with van der Waals surface area (Å²) in [5.74, 6) is -0.745. The molecule has 1 heterocycles. The Kier molecular flexibility index (Phi) is 1.06. The van der Waals surface area contributed by atoms with Crippen LogP contribution in [0.3, 0.4) is 0 Å². The molecule has 3 N–H and O–H groups in total. The number of ether oxygens (including phenoxy) is 1. The van der Waals surface area contributed by atoms with Gasteiger partial charge in [0, 0.05) is 0 Å². The standard InChI is InChI=1S/C5H4O3.H3N/c6-4-2-1-3(2)5(7)8-4;/h2-3H,1H2;1H3. The third kappa shape index (κ3) is 0.632. The van der Waals surface area contributed by atoms with Crippen LogP contribution in [0.15, 0.2) is 0 Å². The highest BCUT2D eigenvalue weighted by Crippen LogP contribution is 2.45. The van der Waals surface area contributed by atoms with Crippen LogP contribution in [0.25, 0.3) is 0 Å². The van der Waals surface area contributed by atoms with E-state index in [1.54, 1.807) is 0 Å². The van der Waals surface area contributed by atoms with Crippen molar-refractivity contribution in [3.63, 3.8) is 0 Å². The smallest absolute Gasteiger partial charge is 0.317 e. The van der Waals surface area contributed by atoms with Crippen LogP contribution in [-0.2, 0) is 14.3 Å². The second-order valence-corrected chi connectivity index (χ2v) is 2.19. The van der Waals surface area contributed by atoms with E-state index in [-0.39, 0.29) is 29.9 Å². The SMILES string of the molecule is N.O=C1OC(=O)C2CC12. The number of carbonyl (C=O) groups excluding carboxylic acids is 2. The molecule has 0 bridgehead atoms. The van der Waals surface area contributed by atoms with E-state index in [2.05, 4.69) is 4.74 Å². The highest BCUT2D eigenvalue weighted by molar-refractivity contribution is 6.00. The van der Waals surface area contributed by atoms with Crippen molar-refractivity contribution in [2.45, 2.75) is 6.42 Å². The largest absolute Gasteiger partial charge is 0.393 e. The molecule has 50 valence electrons. The van der Waals surface area contributed by atoms with Crippen molar-refractivity contribution in [3.05, 3.63) is 0 Å². The van der Waals surface area contributed by atoms with Crippen molar-refractivity contribution in [1.29, 1.82) is 0 Å². The van der Waals surface area contributed by atoms with E-state index in [0.29, 0.717) is 0 Å². The van der Waals surface area contributed by atoms with Crippen LogP contribution < -0.4 is 6.15 Å². The van der Waals surface area contributed by atoms with Crippen LogP contribution >= 0.6 is 0 Å². The van der Waals surface area contributed by atoms with Gasteiger partial charge in [-0.1, -0.05) is 0 Å². The third-order valence-electron chi connectivity index (χ3n) is 1.60. The second-order valence-electron chi connectivity index (χ2n) is 2.19. The fourth-order valence-corrected chi connectivity index (χ4v) is 0.967. The maximum absolute atomic E-state index is 10.4. The Morgan fingerprint density at radius 1 is 1.22 bits per heavy atom. The van der Waals surface area contributed by atoms with Gasteiger partial charge in [-0.2, -0.15) is 0 Å². The summed E-state index contributed by atoms with van der Waals surface area (Å²) in [6.07, 6.45) is 0.734. The number of rotatable bonds is 0. The molecule has 2 fully saturated rings. The molecule has 1 saturated carbocycles. The van der Waals surface area contributed by atoms with Crippen molar-refractivity contribution in [2.24, 2.45) is 11.8 Å². The molecule has 4 heteroatoms. The Hall–Kier alpha value is -0.900. The summed E-state index contributed by atoms with van der Waals surface area (Å²) in [6, 6.07) is 0. The van der Waals surface area contributed by atoms with Gasteiger partial charge in [0.25, 0.3) is 0 Å². The molecule has 0 spiro atoms. The van der Waals surface area contributed by atoms with Crippen molar-refractivity contribution in [2.75, 3.05) is 0 Å². The molecule has 1 saturated heterocycles. The van der Waals surface area contributed by atoms with Crippen molar-refractivity contribution < 1.29 is 14.3 Å². The van der Waals surface area contributed by atoms with Crippen molar-refractivity contribution in [1.82, 2.24) is 6.15 Å². The fraction of sp³-hybridized carbons (Fsp3) is 0.600. The minimum atomic E-state index is -0.319. The van der Waals surface area contributed by atoms with Crippen molar-refractivity contribution >= 4 is 11.9 Å². The van der Waals surface area contributed by atoms with Gasteiger partial charge in [-0.25, -0.2) is 0 Å². The zero-order valence-electron chi connectivity index (χ0n) is 4.79. The molecule has 1 aliphatic heterocycles. The van der Waals surface area contributed by atoms with Crippen LogP contribution in [0.4, 0.5) is 0 Å². The molecule has 2 rings (SSSR count). The Bertz CT molecular complexity index is 159. The highest BCUT2D eigenvalue weighted by Gasteiger charge is 2.57. The minimum Gasteiger partial charge on any atom is -0.393 e. The molecule has 0 radical (unpaired) electrons. The average Bonchev–Trinajstić information content (AvgIpc) is 2.35.